The quantitative estimate of drug-likeness (QED) is 0.828. The zero-order valence-electron chi connectivity index (χ0n) is 11.9. The summed E-state index contributed by atoms with van der Waals surface area (Å²) in [7, 11) is 0. The maximum atomic E-state index is 11.9. The van der Waals surface area contributed by atoms with Gasteiger partial charge in [0.1, 0.15) is 0 Å². The summed E-state index contributed by atoms with van der Waals surface area (Å²) in [6.07, 6.45) is 5.37. The highest BCUT2D eigenvalue weighted by molar-refractivity contribution is 5.85. The molecule has 5 heteroatoms. The summed E-state index contributed by atoms with van der Waals surface area (Å²) < 4.78 is 0. The molecule has 2 heterocycles. The molecule has 1 N–H and O–H groups in total. The molecule has 2 amide bonds. The zero-order valence-corrected chi connectivity index (χ0v) is 11.9. The Labute approximate surface area is 115 Å². The zero-order chi connectivity index (χ0) is 13.8. The van der Waals surface area contributed by atoms with Crippen molar-refractivity contribution < 1.29 is 9.59 Å². The van der Waals surface area contributed by atoms with E-state index < -0.39 is 0 Å². The van der Waals surface area contributed by atoms with E-state index in [2.05, 4.69) is 10.3 Å². The fourth-order valence-corrected chi connectivity index (χ4v) is 2.73. The molecule has 0 aromatic heterocycles. The van der Waals surface area contributed by atoms with Gasteiger partial charge in [-0.15, -0.1) is 0 Å². The van der Waals surface area contributed by atoms with Gasteiger partial charge in [-0.2, -0.15) is 0 Å². The Kier molecular flexibility index (Phi) is 4.80. The lowest BCUT2D eigenvalue weighted by molar-refractivity contribution is -0.151. The second-order valence-corrected chi connectivity index (χ2v) is 5.70. The van der Waals surface area contributed by atoms with E-state index in [-0.39, 0.29) is 23.8 Å². The Hall–Kier alpha value is -1.10. The van der Waals surface area contributed by atoms with Crippen molar-refractivity contribution in [1.29, 1.82) is 0 Å². The van der Waals surface area contributed by atoms with Crippen LogP contribution in [0.1, 0.15) is 39.5 Å². The van der Waals surface area contributed by atoms with Gasteiger partial charge in [0, 0.05) is 31.6 Å². The van der Waals surface area contributed by atoms with E-state index >= 15 is 0 Å². The maximum Gasteiger partial charge on any atom is 0.240 e. The summed E-state index contributed by atoms with van der Waals surface area (Å²) in [5.74, 6) is 0.380. The Morgan fingerprint density at radius 3 is 2.58 bits per heavy atom. The number of carbonyl (C=O) groups excluding carboxylic acids is 2. The first-order valence-corrected chi connectivity index (χ1v) is 7.28. The Bertz CT molecular complexity index is 336. The second kappa shape index (κ2) is 6.37. The Balaban J connectivity index is 1.81. The van der Waals surface area contributed by atoms with Crippen LogP contribution in [0.25, 0.3) is 0 Å². The van der Waals surface area contributed by atoms with Gasteiger partial charge in [-0.1, -0.05) is 0 Å². The number of hydrazine groups is 1. The molecule has 1 radical (unpaired) electrons. The number of amides is 2. The number of hydrogen-bond acceptors (Lipinski definition) is 3. The van der Waals surface area contributed by atoms with Crippen LogP contribution in [-0.2, 0) is 9.59 Å². The lowest BCUT2D eigenvalue weighted by Crippen LogP contribution is -2.53. The van der Waals surface area contributed by atoms with E-state index in [1.54, 1.807) is 6.42 Å². The third kappa shape index (κ3) is 3.69. The van der Waals surface area contributed by atoms with E-state index in [0.29, 0.717) is 0 Å². The van der Waals surface area contributed by atoms with Gasteiger partial charge in [-0.25, -0.2) is 5.01 Å². The minimum absolute atomic E-state index is 0.0996. The van der Waals surface area contributed by atoms with Gasteiger partial charge in [-0.3, -0.25) is 14.6 Å². The van der Waals surface area contributed by atoms with Crippen molar-refractivity contribution in [2.75, 3.05) is 19.6 Å². The molecule has 0 atom stereocenters. The average Bonchev–Trinajstić information content (AvgIpc) is 2.39. The highest BCUT2D eigenvalue weighted by Gasteiger charge is 2.30. The largest absolute Gasteiger partial charge is 0.354 e. The first kappa shape index (κ1) is 14.3. The topological polar surface area (TPSA) is 52.7 Å². The van der Waals surface area contributed by atoms with Crippen LogP contribution >= 0.6 is 0 Å². The van der Waals surface area contributed by atoms with E-state index in [1.807, 2.05) is 18.9 Å². The minimum atomic E-state index is 0.0996. The number of carbonyl (C=O) groups is 2. The van der Waals surface area contributed by atoms with Crippen LogP contribution in [0.4, 0.5) is 0 Å². The first-order chi connectivity index (χ1) is 9.08. The van der Waals surface area contributed by atoms with Crippen molar-refractivity contribution in [3.8, 4) is 0 Å². The van der Waals surface area contributed by atoms with Gasteiger partial charge >= 0.3 is 0 Å². The number of piperidine rings is 2. The van der Waals surface area contributed by atoms with Crippen LogP contribution in [0.15, 0.2) is 0 Å². The van der Waals surface area contributed by atoms with Gasteiger partial charge in [0.25, 0.3) is 0 Å². The van der Waals surface area contributed by atoms with Gasteiger partial charge in [0.05, 0.1) is 6.42 Å². The summed E-state index contributed by atoms with van der Waals surface area (Å²) >= 11 is 0. The lowest BCUT2D eigenvalue weighted by Gasteiger charge is -2.41. The van der Waals surface area contributed by atoms with Gasteiger partial charge in [0.2, 0.25) is 11.8 Å². The molecule has 107 valence electrons. The molecule has 0 bridgehead atoms. The van der Waals surface area contributed by atoms with Gasteiger partial charge in [-0.05, 0) is 39.5 Å². The van der Waals surface area contributed by atoms with Crippen molar-refractivity contribution in [3.05, 3.63) is 6.42 Å². The van der Waals surface area contributed by atoms with E-state index in [1.165, 1.54) is 0 Å². The average molecular weight is 266 g/mol. The number of hydrogen-bond donors (Lipinski definition) is 1. The predicted molar refractivity (Wildman–Crippen MR) is 72.8 cm³/mol. The molecule has 0 aromatic rings. The van der Waals surface area contributed by atoms with Crippen molar-refractivity contribution in [1.82, 2.24) is 15.3 Å². The fourth-order valence-electron chi connectivity index (χ4n) is 2.73. The molecular formula is C14H24N3O2. The molecule has 0 saturated carbocycles. The highest BCUT2D eigenvalue weighted by Crippen LogP contribution is 2.21. The molecule has 5 nitrogen and oxygen atoms in total. The monoisotopic (exact) mass is 266 g/mol. The molecular weight excluding hydrogens is 242 g/mol. The van der Waals surface area contributed by atoms with Crippen molar-refractivity contribution >= 4 is 11.8 Å². The van der Waals surface area contributed by atoms with Crippen molar-refractivity contribution in [2.24, 2.45) is 5.92 Å². The lowest BCUT2D eigenvalue weighted by atomic mass is 9.96. The summed E-state index contributed by atoms with van der Waals surface area (Å²) in [6.45, 7) is 6.38. The maximum absolute atomic E-state index is 11.9. The molecule has 19 heavy (non-hydrogen) atoms. The van der Waals surface area contributed by atoms with Crippen molar-refractivity contribution in [3.63, 3.8) is 0 Å². The number of rotatable bonds is 3. The summed E-state index contributed by atoms with van der Waals surface area (Å²) in [5, 5.41) is 6.93. The standard InChI is InChI=1S/C14H24N3O2/c1-11(2)15-14(19)12-6-9-16(10-7-12)17-8-4-3-5-13(17)18/h5,11-12H,3-4,6-10H2,1-2H3,(H,15,19). The third-order valence-corrected chi connectivity index (χ3v) is 3.76. The van der Waals surface area contributed by atoms with E-state index in [4.69, 9.17) is 0 Å². The van der Waals surface area contributed by atoms with Crippen LogP contribution in [0.2, 0.25) is 0 Å². The normalized spacial score (nSPS) is 22.9. The van der Waals surface area contributed by atoms with Gasteiger partial charge < -0.3 is 5.32 Å². The van der Waals surface area contributed by atoms with Crippen molar-refractivity contribution in [2.45, 2.75) is 45.6 Å². The van der Waals surface area contributed by atoms with Crippen LogP contribution < -0.4 is 5.32 Å². The minimum Gasteiger partial charge on any atom is -0.354 e. The predicted octanol–water partition coefficient (Wildman–Crippen LogP) is 0.965. The fraction of sp³-hybridized carbons (Fsp3) is 0.786. The van der Waals surface area contributed by atoms with Crippen LogP contribution in [0.5, 0.6) is 0 Å². The molecule has 2 rings (SSSR count). The summed E-state index contributed by atoms with van der Waals surface area (Å²) in [4.78, 5) is 23.7. The van der Waals surface area contributed by atoms with Gasteiger partial charge in [0.15, 0.2) is 0 Å². The molecule has 2 saturated heterocycles. The van der Waals surface area contributed by atoms with Crippen LogP contribution in [0.3, 0.4) is 0 Å². The summed E-state index contributed by atoms with van der Waals surface area (Å²) in [6, 6.07) is 0.198. The van der Waals surface area contributed by atoms with E-state index in [9.17, 15) is 9.59 Å². The molecule has 2 aliphatic heterocycles. The third-order valence-electron chi connectivity index (χ3n) is 3.76. The molecule has 0 unspecified atom stereocenters. The smallest absolute Gasteiger partial charge is 0.240 e. The Morgan fingerprint density at radius 2 is 2.00 bits per heavy atom. The number of nitrogens with one attached hydrogen (secondary N) is 1. The van der Waals surface area contributed by atoms with E-state index in [0.717, 1.165) is 45.3 Å². The SMILES string of the molecule is CC(C)NC(=O)C1CCN(N2CCC[CH]C2=O)CC1. The first-order valence-electron chi connectivity index (χ1n) is 7.28. The van der Waals surface area contributed by atoms with Crippen LogP contribution in [0, 0.1) is 12.3 Å². The number of nitrogens with zero attached hydrogens (tertiary/aromatic N) is 2. The molecule has 0 aliphatic carbocycles. The summed E-state index contributed by atoms with van der Waals surface area (Å²) in [5.41, 5.74) is 0. The molecule has 0 spiro atoms. The molecule has 0 aromatic carbocycles. The van der Waals surface area contributed by atoms with Crippen LogP contribution in [-0.4, -0.2) is 47.5 Å². The molecule has 2 fully saturated rings. The Morgan fingerprint density at radius 1 is 1.32 bits per heavy atom. The molecule has 2 aliphatic rings. The highest BCUT2D eigenvalue weighted by atomic mass is 16.2. The second-order valence-electron chi connectivity index (χ2n) is 5.70.